The third-order valence-electron chi connectivity index (χ3n) is 2.43. The molecule has 1 saturated heterocycles. The number of hydrogen-bond acceptors (Lipinski definition) is 5. The highest BCUT2D eigenvalue weighted by molar-refractivity contribution is 8.26. The molecule has 1 aromatic carbocycles. The fourth-order valence-corrected chi connectivity index (χ4v) is 2.56. The van der Waals surface area contributed by atoms with E-state index in [9.17, 15) is 4.79 Å². The summed E-state index contributed by atoms with van der Waals surface area (Å²) in [7, 11) is 0. The summed E-state index contributed by atoms with van der Waals surface area (Å²) in [6.07, 6.45) is 3.24. The lowest BCUT2D eigenvalue weighted by atomic mass is 10.1. The molecule has 0 aromatic heterocycles. The first-order valence-corrected chi connectivity index (χ1v) is 6.71. The average Bonchev–Trinajstić information content (AvgIpc) is 2.76. The maximum absolute atomic E-state index is 11.5. The Balaban J connectivity index is 2.22. The highest BCUT2D eigenvalue weighted by Crippen LogP contribution is 2.25. The monoisotopic (exact) mass is 297 g/mol. The van der Waals surface area contributed by atoms with Crippen LogP contribution >= 0.6 is 24.0 Å². The molecule has 96 valence electrons. The van der Waals surface area contributed by atoms with E-state index in [-0.39, 0.29) is 11.5 Å². The Hall–Kier alpha value is -2.41. The Kier molecular flexibility index (Phi) is 4.31. The van der Waals surface area contributed by atoms with Crippen molar-refractivity contribution in [3.8, 4) is 12.1 Å². The molecule has 1 fully saturated rings. The molecule has 1 heterocycles. The quantitative estimate of drug-likeness (QED) is 0.516. The van der Waals surface area contributed by atoms with Gasteiger partial charge >= 0.3 is 0 Å². The topological polar surface area (TPSA) is 76.7 Å². The molecule has 0 aliphatic carbocycles. The summed E-state index contributed by atoms with van der Waals surface area (Å²) in [5.74, 6) is -0.194. The summed E-state index contributed by atoms with van der Waals surface area (Å²) in [5.41, 5.74) is 1.65. The van der Waals surface area contributed by atoms with E-state index in [1.54, 1.807) is 42.5 Å². The van der Waals surface area contributed by atoms with E-state index < -0.39 is 0 Å². The zero-order valence-corrected chi connectivity index (χ0v) is 11.7. The van der Waals surface area contributed by atoms with Crippen LogP contribution in [-0.4, -0.2) is 10.2 Å². The molecule has 20 heavy (non-hydrogen) atoms. The lowest BCUT2D eigenvalue weighted by Gasteiger charge is -1.97. The molecule has 0 bridgehead atoms. The molecule has 1 aliphatic heterocycles. The second-order valence-electron chi connectivity index (χ2n) is 3.80. The Labute approximate surface area is 125 Å². The third kappa shape index (κ3) is 3.33. The van der Waals surface area contributed by atoms with Crippen molar-refractivity contribution < 1.29 is 4.79 Å². The van der Waals surface area contributed by atoms with E-state index in [0.29, 0.717) is 9.23 Å². The molecule has 0 saturated carbocycles. The van der Waals surface area contributed by atoms with E-state index in [1.807, 2.05) is 0 Å². The Morgan fingerprint density at radius 1 is 1.20 bits per heavy atom. The van der Waals surface area contributed by atoms with Gasteiger partial charge in [-0.3, -0.25) is 4.79 Å². The van der Waals surface area contributed by atoms with Crippen molar-refractivity contribution in [2.75, 3.05) is 0 Å². The molecular formula is C14H7N3OS2. The first kappa shape index (κ1) is 14.0. The number of carbonyl (C=O) groups excluding carboxylic acids is 1. The number of rotatable bonds is 2. The second-order valence-corrected chi connectivity index (χ2v) is 5.52. The van der Waals surface area contributed by atoms with Gasteiger partial charge in [0.15, 0.2) is 0 Å². The fourth-order valence-electron chi connectivity index (χ4n) is 1.52. The first-order chi connectivity index (χ1) is 9.62. The van der Waals surface area contributed by atoms with Crippen molar-refractivity contribution in [3.63, 3.8) is 0 Å². The van der Waals surface area contributed by atoms with Crippen LogP contribution < -0.4 is 5.32 Å². The van der Waals surface area contributed by atoms with Gasteiger partial charge in [-0.05, 0) is 23.3 Å². The van der Waals surface area contributed by atoms with Crippen molar-refractivity contribution >= 4 is 46.4 Å². The predicted molar refractivity (Wildman–Crippen MR) is 82.0 cm³/mol. The maximum Gasteiger partial charge on any atom is 0.263 e. The van der Waals surface area contributed by atoms with Gasteiger partial charge in [0.1, 0.15) is 22.0 Å². The molecule has 6 heteroatoms. The Morgan fingerprint density at radius 2 is 1.80 bits per heavy atom. The molecular weight excluding hydrogens is 290 g/mol. The van der Waals surface area contributed by atoms with Crippen LogP contribution in [0.5, 0.6) is 0 Å². The van der Waals surface area contributed by atoms with Gasteiger partial charge in [-0.1, -0.05) is 48.2 Å². The lowest BCUT2D eigenvalue weighted by molar-refractivity contribution is -0.115. The van der Waals surface area contributed by atoms with Gasteiger partial charge in [-0.15, -0.1) is 0 Å². The Bertz CT molecular complexity index is 702. The van der Waals surface area contributed by atoms with Crippen molar-refractivity contribution in [1.29, 1.82) is 10.5 Å². The van der Waals surface area contributed by atoms with Crippen LogP contribution in [0.2, 0.25) is 0 Å². The van der Waals surface area contributed by atoms with Crippen LogP contribution in [-0.2, 0) is 4.79 Å². The summed E-state index contributed by atoms with van der Waals surface area (Å²) in [6, 6.07) is 10.8. The minimum Gasteiger partial charge on any atom is -0.307 e. The third-order valence-corrected chi connectivity index (χ3v) is 3.59. The van der Waals surface area contributed by atoms with E-state index in [1.165, 1.54) is 17.8 Å². The molecule has 0 spiro atoms. The number of nitriles is 2. The number of thiocarbonyl (C=S) groups is 1. The summed E-state index contributed by atoms with van der Waals surface area (Å²) >= 11 is 6.13. The van der Waals surface area contributed by atoms with E-state index in [0.717, 1.165) is 11.1 Å². The molecule has 0 atom stereocenters. The Morgan fingerprint density at radius 3 is 2.30 bits per heavy atom. The number of allylic oxidation sites excluding steroid dienone is 1. The van der Waals surface area contributed by atoms with Gasteiger partial charge in [-0.2, -0.15) is 10.5 Å². The van der Waals surface area contributed by atoms with Crippen LogP contribution in [0.25, 0.3) is 12.2 Å². The van der Waals surface area contributed by atoms with Crippen molar-refractivity contribution in [2.45, 2.75) is 0 Å². The highest BCUT2D eigenvalue weighted by atomic mass is 32.2. The van der Waals surface area contributed by atoms with E-state index >= 15 is 0 Å². The maximum atomic E-state index is 11.5. The minimum absolute atomic E-state index is 0.0483. The molecule has 0 unspecified atom stereocenters. The molecule has 0 radical (unpaired) electrons. The first-order valence-electron chi connectivity index (χ1n) is 5.49. The summed E-state index contributed by atoms with van der Waals surface area (Å²) in [5, 5.41) is 19.9. The number of benzene rings is 1. The van der Waals surface area contributed by atoms with Crippen molar-refractivity contribution in [2.24, 2.45) is 0 Å². The minimum atomic E-state index is -0.194. The molecule has 2 rings (SSSR count). The van der Waals surface area contributed by atoms with Crippen LogP contribution in [0.3, 0.4) is 0 Å². The molecule has 1 aliphatic rings. The second kappa shape index (κ2) is 6.16. The molecule has 1 N–H and O–H groups in total. The summed E-state index contributed by atoms with van der Waals surface area (Å²) < 4.78 is 0.452. The van der Waals surface area contributed by atoms with Crippen molar-refractivity contribution in [3.05, 3.63) is 45.9 Å². The smallest absolute Gasteiger partial charge is 0.263 e. The standard InChI is InChI=1S/C14H7N3OS2/c15-7-11(8-16)5-9-1-3-10(4-2-9)6-12-13(18)17-14(19)20-12/h1-6H,(H,17,18,19)/b12-6-. The summed E-state index contributed by atoms with van der Waals surface area (Å²) in [4.78, 5) is 12.1. The van der Waals surface area contributed by atoms with Crippen molar-refractivity contribution in [1.82, 2.24) is 5.32 Å². The van der Waals surface area contributed by atoms with Gasteiger partial charge in [0.25, 0.3) is 5.91 Å². The molecule has 1 aromatic rings. The number of thioether (sulfide) groups is 1. The van der Waals surface area contributed by atoms with Gasteiger partial charge in [-0.25, -0.2) is 0 Å². The number of hydrogen-bond donors (Lipinski definition) is 1. The average molecular weight is 297 g/mol. The zero-order valence-electron chi connectivity index (χ0n) is 10.1. The zero-order chi connectivity index (χ0) is 14.5. The number of nitrogens with one attached hydrogen (secondary N) is 1. The van der Waals surface area contributed by atoms with Gasteiger partial charge < -0.3 is 5.32 Å². The van der Waals surface area contributed by atoms with Crippen LogP contribution in [0.15, 0.2) is 34.7 Å². The number of amides is 1. The van der Waals surface area contributed by atoms with Gasteiger partial charge in [0.2, 0.25) is 0 Å². The lowest BCUT2D eigenvalue weighted by Crippen LogP contribution is -2.17. The number of nitrogens with zero attached hydrogens (tertiary/aromatic N) is 2. The number of carbonyl (C=O) groups is 1. The van der Waals surface area contributed by atoms with Crippen LogP contribution in [0.1, 0.15) is 11.1 Å². The summed E-state index contributed by atoms with van der Waals surface area (Å²) in [6.45, 7) is 0. The largest absolute Gasteiger partial charge is 0.307 e. The van der Waals surface area contributed by atoms with Gasteiger partial charge in [0.05, 0.1) is 4.91 Å². The highest BCUT2D eigenvalue weighted by Gasteiger charge is 2.21. The normalized spacial score (nSPS) is 15.4. The molecule has 4 nitrogen and oxygen atoms in total. The predicted octanol–water partition coefficient (Wildman–Crippen LogP) is 2.61. The van der Waals surface area contributed by atoms with Crippen LogP contribution in [0, 0.1) is 22.7 Å². The fraction of sp³-hybridized carbons (Fsp3) is 0. The van der Waals surface area contributed by atoms with E-state index in [4.69, 9.17) is 22.7 Å². The van der Waals surface area contributed by atoms with E-state index in [2.05, 4.69) is 5.32 Å². The van der Waals surface area contributed by atoms with Crippen LogP contribution in [0.4, 0.5) is 0 Å². The SMILES string of the molecule is N#CC(C#N)=Cc1ccc(/C=C2\SC(=S)NC2=O)cc1. The molecule has 1 amide bonds. The van der Waals surface area contributed by atoms with Gasteiger partial charge in [0, 0.05) is 0 Å².